The Labute approximate surface area is 134 Å². The van der Waals surface area contributed by atoms with Gasteiger partial charge in [0.25, 0.3) is 0 Å². The van der Waals surface area contributed by atoms with Crippen molar-refractivity contribution in [2.45, 2.75) is 32.5 Å². The molecule has 6 heteroatoms. The first kappa shape index (κ1) is 17.0. The fourth-order valence-electron chi connectivity index (χ4n) is 2.36. The Morgan fingerprint density at radius 1 is 1.22 bits per heavy atom. The lowest BCUT2D eigenvalue weighted by Gasteiger charge is -2.17. The van der Waals surface area contributed by atoms with Crippen LogP contribution in [-0.4, -0.2) is 37.0 Å². The summed E-state index contributed by atoms with van der Waals surface area (Å²) in [6.45, 7) is 3.76. The highest BCUT2D eigenvalue weighted by Gasteiger charge is 2.28. The van der Waals surface area contributed by atoms with Gasteiger partial charge in [-0.1, -0.05) is 25.1 Å². The van der Waals surface area contributed by atoms with E-state index in [-0.39, 0.29) is 6.10 Å². The number of benzene rings is 1. The second-order valence-electron chi connectivity index (χ2n) is 5.21. The number of methoxy groups -OCH3 is 2. The maximum atomic E-state index is 12.4. The summed E-state index contributed by atoms with van der Waals surface area (Å²) >= 11 is 0. The predicted octanol–water partition coefficient (Wildman–Crippen LogP) is 3.29. The van der Waals surface area contributed by atoms with Crippen molar-refractivity contribution in [2.75, 3.05) is 14.2 Å². The van der Waals surface area contributed by atoms with Crippen molar-refractivity contribution >= 4 is 23.0 Å². The smallest absolute Gasteiger partial charge is 0.418 e. The van der Waals surface area contributed by atoms with Crippen LogP contribution in [0.3, 0.4) is 0 Å². The molecular formula is C17H21NO5. The highest BCUT2D eigenvalue weighted by Crippen LogP contribution is 2.29. The van der Waals surface area contributed by atoms with Gasteiger partial charge in [0.1, 0.15) is 0 Å². The number of esters is 1. The van der Waals surface area contributed by atoms with E-state index < -0.39 is 18.2 Å². The summed E-state index contributed by atoms with van der Waals surface area (Å²) in [5, 5.41) is 0.742. The Morgan fingerprint density at radius 2 is 1.91 bits per heavy atom. The molecule has 0 radical (unpaired) electrons. The van der Waals surface area contributed by atoms with Crippen LogP contribution in [0, 0.1) is 0 Å². The summed E-state index contributed by atoms with van der Waals surface area (Å²) in [4.78, 5) is 24.3. The minimum atomic E-state index is -0.903. The van der Waals surface area contributed by atoms with E-state index in [0.717, 1.165) is 5.39 Å². The van der Waals surface area contributed by atoms with Crippen LogP contribution in [-0.2, 0) is 19.0 Å². The molecule has 0 saturated heterocycles. The number of hydrogen-bond donors (Lipinski definition) is 0. The van der Waals surface area contributed by atoms with Gasteiger partial charge < -0.3 is 14.2 Å². The molecule has 124 valence electrons. The average molecular weight is 319 g/mol. The molecule has 0 aliphatic carbocycles. The topological polar surface area (TPSA) is 66.8 Å². The fourth-order valence-corrected chi connectivity index (χ4v) is 2.36. The maximum absolute atomic E-state index is 12.4. The van der Waals surface area contributed by atoms with E-state index in [4.69, 9.17) is 14.2 Å². The third-order valence-electron chi connectivity index (χ3n) is 3.74. The van der Waals surface area contributed by atoms with Crippen molar-refractivity contribution in [3.8, 4) is 0 Å². The Morgan fingerprint density at radius 3 is 2.52 bits per heavy atom. The molecule has 23 heavy (non-hydrogen) atoms. The molecular weight excluding hydrogens is 298 g/mol. The number of fused-ring (bicyclic) bond motifs is 1. The van der Waals surface area contributed by atoms with Crippen molar-refractivity contribution in [3.05, 3.63) is 36.0 Å². The van der Waals surface area contributed by atoms with Gasteiger partial charge in [-0.3, -0.25) is 4.57 Å². The van der Waals surface area contributed by atoms with Gasteiger partial charge in [-0.05, 0) is 19.4 Å². The van der Waals surface area contributed by atoms with Crippen molar-refractivity contribution in [3.63, 3.8) is 0 Å². The number of carbonyl (C=O) groups is 2. The van der Waals surface area contributed by atoms with Gasteiger partial charge >= 0.3 is 12.1 Å². The second-order valence-corrected chi connectivity index (χ2v) is 5.21. The zero-order valence-corrected chi connectivity index (χ0v) is 13.7. The van der Waals surface area contributed by atoms with Crippen molar-refractivity contribution in [2.24, 2.45) is 0 Å². The predicted molar refractivity (Wildman–Crippen MR) is 85.3 cm³/mol. The van der Waals surface area contributed by atoms with Crippen LogP contribution in [0.25, 0.3) is 10.9 Å². The molecule has 0 N–H and O–H groups in total. The van der Waals surface area contributed by atoms with E-state index in [0.29, 0.717) is 17.5 Å². The number of carbonyl (C=O) groups excluding carboxylic acids is 2. The van der Waals surface area contributed by atoms with Crippen LogP contribution in [0.15, 0.2) is 30.5 Å². The van der Waals surface area contributed by atoms with Crippen LogP contribution in [0.2, 0.25) is 0 Å². The Balaban J connectivity index is 2.48. The summed E-state index contributed by atoms with van der Waals surface area (Å²) in [6, 6.07) is 7.25. The SMILES string of the molecule is CC[C@@H](C)OC(=O)[C@H](OC)c1cn(C(=O)OC)c2ccccc12. The van der Waals surface area contributed by atoms with Crippen LogP contribution in [0.5, 0.6) is 0 Å². The normalized spacial score (nSPS) is 13.6. The highest BCUT2D eigenvalue weighted by molar-refractivity contribution is 5.95. The summed E-state index contributed by atoms with van der Waals surface area (Å²) in [5.41, 5.74) is 1.22. The monoisotopic (exact) mass is 319 g/mol. The van der Waals surface area contributed by atoms with Crippen molar-refractivity contribution in [1.82, 2.24) is 4.57 Å². The minimum Gasteiger partial charge on any atom is -0.461 e. The number of ether oxygens (including phenoxy) is 3. The summed E-state index contributed by atoms with van der Waals surface area (Å²) in [6.07, 6.45) is 0.640. The van der Waals surface area contributed by atoms with Crippen LogP contribution in [0.1, 0.15) is 31.9 Å². The molecule has 1 aromatic carbocycles. The Hall–Kier alpha value is -2.34. The standard InChI is InChI=1S/C17H21NO5/c1-5-11(2)23-16(19)15(21-3)13-10-18(17(20)22-4)14-9-7-6-8-12(13)14/h6-11,15H,5H2,1-4H3/t11-,15-/m1/s1. The van der Waals surface area contributed by atoms with Gasteiger partial charge in [0.2, 0.25) is 0 Å². The molecule has 1 heterocycles. The molecule has 0 unspecified atom stereocenters. The number of nitrogens with zero attached hydrogens (tertiary/aromatic N) is 1. The van der Waals surface area contributed by atoms with Crippen molar-refractivity contribution < 1.29 is 23.8 Å². The number of rotatable bonds is 5. The van der Waals surface area contributed by atoms with Crippen LogP contribution >= 0.6 is 0 Å². The van der Waals surface area contributed by atoms with Gasteiger partial charge in [-0.25, -0.2) is 9.59 Å². The van der Waals surface area contributed by atoms with Gasteiger partial charge in [0.15, 0.2) is 6.10 Å². The van der Waals surface area contributed by atoms with Crippen LogP contribution in [0.4, 0.5) is 4.79 Å². The lowest BCUT2D eigenvalue weighted by atomic mass is 10.1. The fraction of sp³-hybridized carbons (Fsp3) is 0.412. The molecule has 0 spiro atoms. The van der Waals surface area contributed by atoms with E-state index in [1.54, 1.807) is 12.3 Å². The zero-order valence-electron chi connectivity index (χ0n) is 13.7. The van der Waals surface area contributed by atoms with E-state index in [1.807, 2.05) is 32.0 Å². The quantitative estimate of drug-likeness (QED) is 0.791. The lowest BCUT2D eigenvalue weighted by Crippen LogP contribution is -2.22. The van der Waals surface area contributed by atoms with Crippen LogP contribution < -0.4 is 0 Å². The van der Waals surface area contributed by atoms with Gasteiger partial charge in [0, 0.05) is 24.3 Å². The molecule has 0 amide bonds. The third-order valence-corrected chi connectivity index (χ3v) is 3.74. The first-order valence-corrected chi connectivity index (χ1v) is 7.45. The van der Waals surface area contributed by atoms with E-state index in [2.05, 4.69) is 0 Å². The molecule has 0 aliphatic rings. The van der Waals surface area contributed by atoms with Gasteiger partial charge in [-0.15, -0.1) is 0 Å². The molecule has 1 aromatic heterocycles. The molecule has 2 aromatic rings. The van der Waals surface area contributed by atoms with E-state index in [9.17, 15) is 9.59 Å². The molecule has 2 atom stereocenters. The summed E-state index contributed by atoms with van der Waals surface area (Å²) < 4.78 is 16.8. The largest absolute Gasteiger partial charge is 0.461 e. The molecule has 6 nitrogen and oxygen atoms in total. The summed E-state index contributed by atoms with van der Waals surface area (Å²) in [5.74, 6) is -0.477. The third kappa shape index (κ3) is 3.37. The van der Waals surface area contributed by atoms with E-state index in [1.165, 1.54) is 18.8 Å². The first-order chi connectivity index (χ1) is 11.0. The first-order valence-electron chi connectivity index (χ1n) is 7.45. The maximum Gasteiger partial charge on any atom is 0.418 e. The number of aromatic nitrogens is 1. The molecule has 0 fully saturated rings. The molecule has 2 rings (SSSR count). The number of hydrogen-bond acceptors (Lipinski definition) is 5. The van der Waals surface area contributed by atoms with Gasteiger partial charge in [0.05, 0.1) is 18.7 Å². The summed E-state index contributed by atoms with van der Waals surface area (Å²) in [7, 11) is 2.74. The second kappa shape index (κ2) is 7.28. The molecule has 0 bridgehead atoms. The average Bonchev–Trinajstić information content (AvgIpc) is 2.94. The lowest BCUT2D eigenvalue weighted by molar-refractivity contribution is -0.160. The zero-order chi connectivity index (χ0) is 17.0. The Kier molecular flexibility index (Phi) is 5.39. The molecule has 0 aliphatic heterocycles. The Bertz CT molecular complexity index is 706. The minimum absolute atomic E-state index is 0.200. The highest BCUT2D eigenvalue weighted by atomic mass is 16.6. The number of para-hydroxylation sites is 1. The van der Waals surface area contributed by atoms with Crippen molar-refractivity contribution in [1.29, 1.82) is 0 Å². The van der Waals surface area contributed by atoms with E-state index >= 15 is 0 Å². The van der Waals surface area contributed by atoms with Gasteiger partial charge in [-0.2, -0.15) is 0 Å². The molecule has 0 saturated carbocycles.